The van der Waals surface area contributed by atoms with E-state index in [0.717, 1.165) is 12.8 Å². The fraction of sp³-hybridized carbons (Fsp3) is 0.312. The quantitative estimate of drug-likeness (QED) is 0.768. The molecular weight excluding hydrogens is 208 g/mol. The number of carbonyl (C=O) groups excluding carboxylic acids is 1. The van der Waals surface area contributed by atoms with Gasteiger partial charge in [-0.25, -0.2) is 0 Å². The third-order valence-electron chi connectivity index (χ3n) is 3.15. The maximum absolute atomic E-state index is 11.6. The van der Waals surface area contributed by atoms with Crippen LogP contribution in [0.15, 0.2) is 54.1 Å². The molecule has 0 aromatic heterocycles. The fourth-order valence-electron chi connectivity index (χ4n) is 2.23. The van der Waals surface area contributed by atoms with Crippen LogP contribution < -0.4 is 0 Å². The number of rotatable bonds is 3. The molecule has 0 fully saturated rings. The second kappa shape index (κ2) is 5.62. The van der Waals surface area contributed by atoms with Crippen LogP contribution >= 0.6 is 0 Å². The topological polar surface area (TPSA) is 17.1 Å². The first kappa shape index (κ1) is 11.8. The molecule has 0 saturated carbocycles. The monoisotopic (exact) mass is 226 g/mol. The highest BCUT2D eigenvalue weighted by Crippen LogP contribution is 2.21. The lowest BCUT2D eigenvalue weighted by atomic mass is 9.93. The van der Waals surface area contributed by atoms with E-state index >= 15 is 0 Å². The molecule has 1 aromatic carbocycles. The number of ketones is 1. The standard InChI is InChI=1S/C16H18O/c1-2-13-8-9-16(17)12-15(10-13)11-14-6-4-3-5-7-14/h3-10,15H,2,11-12H2,1H3. The third kappa shape index (κ3) is 3.42. The summed E-state index contributed by atoms with van der Waals surface area (Å²) >= 11 is 0. The van der Waals surface area contributed by atoms with Crippen molar-refractivity contribution in [1.29, 1.82) is 0 Å². The minimum atomic E-state index is 0.241. The van der Waals surface area contributed by atoms with Crippen molar-refractivity contribution in [1.82, 2.24) is 0 Å². The Hall–Kier alpha value is -1.63. The molecule has 0 amide bonds. The summed E-state index contributed by atoms with van der Waals surface area (Å²) in [5.41, 5.74) is 2.58. The molecule has 88 valence electrons. The molecule has 0 radical (unpaired) electrons. The summed E-state index contributed by atoms with van der Waals surface area (Å²) in [6.45, 7) is 2.13. The molecule has 1 unspecified atom stereocenters. The summed E-state index contributed by atoms with van der Waals surface area (Å²) in [7, 11) is 0. The molecule has 1 aliphatic carbocycles. The Morgan fingerprint density at radius 1 is 1.18 bits per heavy atom. The van der Waals surface area contributed by atoms with Gasteiger partial charge in [0.1, 0.15) is 0 Å². The zero-order valence-electron chi connectivity index (χ0n) is 10.2. The summed E-state index contributed by atoms with van der Waals surface area (Å²) in [6, 6.07) is 10.4. The van der Waals surface area contributed by atoms with E-state index in [1.807, 2.05) is 12.1 Å². The van der Waals surface area contributed by atoms with Crippen LogP contribution in [-0.2, 0) is 11.2 Å². The number of hydrogen-bond acceptors (Lipinski definition) is 1. The molecule has 1 nitrogen and oxygen atoms in total. The minimum absolute atomic E-state index is 0.241. The second-order valence-corrected chi connectivity index (χ2v) is 4.55. The van der Waals surface area contributed by atoms with E-state index in [1.54, 1.807) is 6.08 Å². The molecule has 0 bridgehead atoms. The normalized spacial score (nSPS) is 19.9. The van der Waals surface area contributed by atoms with Crippen LogP contribution in [0.1, 0.15) is 25.3 Å². The van der Waals surface area contributed by atoms with Crippen molar-refractivity contribution in [3.8, 4) is 0 Å². The van der Waals surface area contributed by atoms with Crippen LogP contribution in [-0.4, -0.2) is 5.78 Å². The highest BCUT2D eigenvalue weighted by Gasteiger charge is 2.13. The Kier molecular flexibility index (Phi) is 3.92. The van der Waals surface area contributed by atoms with Gasteiger partial charge in [0, 0.05) is 6.42 Å². The summed E-state index contributed by atoms with van der Waals surface area (Å²) in [4.78, 5) is 11.6. The van der Waals surface area contributed by atoms with Crippen LogP contribution in [0.25, 0.3) is 0 Å². The molecule has 1 aromatic rings. The molecule has 0 aliphatic heterocycles. The van der Waals surface area contributed by atoms with Gasteiger partial charge in [-0.1, -0.05) is 55.0 Å². The Bertz CT molecular complexity index is 440. The summed E-state index contributed by atoms with van der Waals surface area (Å²) in [5, 5.41) is 0. The predicted molar refractivity (Wildman–Crippen MR) is 70.8 cm³/mol. The van der Waals surface area contributed by atoms with Crippen LogP contribution in [0.4, 0.5) is 0 Å². The van der Waals surface area contributed by atoms with Crippen molar-refractivity contribution >= 4 is 5.78 Å². The zero-order chi connectivity index (χ0) is 12.1. The van der Waals surface area contributed by atoms with Gasteiger partial charge in [0.15, 0.2) is 5.78 Å². The molecule has 0 saturated heterocycles. The Morgan fingerprint density at radius 2 is 1.94 bits per heavy atom. The van der Waals surface area contributed by atoms with Gasteiger partial charge in [-0.05, 0) is 30.4 Å². The molecule has 17 heavy (non-hydrogen) atoms. The van der Waals surface area contributed by atoms with E-state index in [4.69, 9.17) is 0 Å². The van der Waals surface area contributed by atoms with Crippen molar-refractivity contribution < 1.29 is 4.79 Å². The average molecular weight is 226 g/mol. The van der Waals surface area contributed by atoms with Crippen molar-refractivity contribution in [3.05, 3.63) is 59.7 Å². The molecule has 0 spiro atoms. The van der Waals surface area contributed by atoms with E-state index in [-0.39, 0.29) is 5.78 Å². The van der Waals surface area contributed by atoms with Crippen molar-refractivity contribution in [3.63, 3.8) is 0 Å². The molecule has 2 rings (SSSR count). The van der Waals surface area contributed by atoms with Gasteiger partial charge in [0.05, 0.1) is 0 Å². The maximum atomic E-state index is 11.6. The van der Waals surface area contributed by atoms with Crippen molar-refractivity contribution in [2.24, 2.45) is 5.92 Å². The maximum Gasteiger partial charge on any atom is 0.156 e. The Morgan fingerprint density at radius 3 is 2.65 bits per heavy atom. The van der Waals surface area contributed by atoms with Crippen molar-refractivity contribution in [2.45, 2.75) is 26.2 Å². The van der Waals surface area contributed by atoms with Crippen LogP contribution in [0, 0.1) is 5.92 Å². The third-order valence-corrected chi connectivity index (χ3v) is 3.15. The second-order valence-electron chi connectivity index (χ2n) is 4.55. The number of allylic oxidation sites excluding steroid dienone is 4. The lowest BCUT2D eigenvalue weighted by Gasteiger charge is -2.11. The van der Waals surface area contributed by atoms with Crippen molar-refractivity contribution in [2.75, 3.05) is 0 Å². The number of carbonyl (C=O) groups is 1. The van der Waals surface area contributed by atoms with Gasteiger partial charge in [0.25, 0.3) is 0 Å². The Labute approximate surface area is 103 Å². The fourth-order valence-corrected chi connectivity index (χ4v) is 2.23. The van der Waals surface area contributed by atoms with E-state index in [1.165, 1.54) is 11.1 Å². The van der Waals surface area contributed by atoms with E-state index in [0.29, 0.717) is 12.3 Å². The first-order valence-electron chi connectivity index (χ1n) is 6.23. The zero-order valence-corrected chi connectivity index (χ0v) is 10.2. The molecule has 1 heteroatoms. The SMILES string of the molecule is CCC1=CC(Cc2ccccc2)CC(=O)C=C1. The van der Waals surface area contributed by atoms with Gasteiger partial charge in [-0.2, -0.15) is 0 Å². The largest absolute Gasteiger partial charge is 0.295 e. The summed E-state index contributed by atoms with van der Waals surface area (Å²) in [5.74, 6) is 0.584. The van der Waals surface area contributed by atoms with Gasteiger partial charge in [0.2, 0.25) is 0 Å². The number of benzene rings is 1. The summed E-state index contributed by atoms with van der Waals surface area (Å²) in [6.07, 6.45) is 8.53. The van der Waals surface area contributed by atoms with Crippen LogP contribution in [0.2, 0.25) is 0 Å². The van der Waals surface area contributed by atoms with Gasteiger partial charge in [-0.3, -0.25) is 4.79 Å². The number of hydrogen-bond donors (Lipinski definition) is 0. The predicted octanol–water partition coefficient (Wildman–Crippen LogP) is 3.71. The van der Waals surface area contributed by atoms with Crippen LogP contribution in [0.5, 0.6) is 0 Å². The molecule has 1 atom stereocenters. The molecule has 0 N–H and O–H groups in total. The van der Waals surface area contributed by atoms with Gasteiger partial charge < -0.3 is 0 Å². The first-order valence-corrected chi connectivity index (χ1v) is 6.23. The van der Waals surface area contributed by atoms with E-state index in [2.05, 4.69) is 37.3 Å². The lowest BCUT2D eigenvalue weighted by Crippen LogP contribution is -2.06. The molecule has 0 heterocycles. The molecule has 1 aliphatic rings. The highest BCUT2D eigenvalue weighted by atomic mass is 16.1. The minimum Gasteiger partial charge on any atom is -0.295 e. The highest BCUT2D eigenvalue weighted by molar-refractivity contribution is 5.90. The van der Waals surface area contributed by atoms with Gasteiger partial charge in [-0.15, -0.1) is 0 Å². The van der Waals surface area contributed by atoms with Crippen LogP contribution in [0.3, 0.4) is 0 Å². The first-order chi connectivity index (χ1) is 8.28. The van der Waals surface area contributed by atoms with E-state index < -0.39 is 0 Å². The Balaban J connectivity index is 2.12. The molecular formula is C16H18O. The smallest absolute Gasteiger partial charge is 0.156 e. The lowest BCUT2D eigenvalue weighted by molar-refractivity contribution is -0.115. The van der Waals surface area contributed by atoms with Gasteiger partial charge >= 0.3 is 0 Å². The average Bonchev–Trinajstić information content (AvgIpc) is 2.52. The summed E-state index contributed by atoms with van der Waals surface area (Å²) < 4.78 is 0. The van der Waals surface area contributed by atoms with E-state index in [9.17, 15) is 4.79 Å².